The fourth-order valence-corrected chi connectivity index (χ4v) is 2.14. The topological polar surface area (TPSA) is 69.2 Å². The second kappa shape index (κ2) is 11.6. The molecular weight excluding hydrogens is 344 g/mol. The molecule has 27 heavy (non-hydrogen) atoms. The molecule has 2 aromatic carbocycles. The number of unbranched alkanes of at least 4 members (excludes halogenated alkanes) is 1. The zero-order valence-corrected chi connectivity index (χ0v) is 15.8. The molecule has 0 heterocycles. The Hall–Kier alpha value is -3.02. The summed E-state index contributed by atoms with van der Waals surface area (Å²) in [6, 6.07) is 14.6. The lowest BCUT2D eigenvalue weighted by Crippen LogP contribution is -2.24. The summed E-state index contributed by atoms with van der Waals surface area (Å²) >= 11 is 0. The maximum Gasteiger partial charge on any atom is 0.277 e. The standard InChI is InChI=1S/C21H26N2O4/c1-3-5-14-26-19-8-6-17(7-9-19)15-22-23-21(24)16-27-20-12-10-18(11-13-20)25-4-2/h6-13,15H,3-5,14,16H2,1-2H3,(H,23,24)/b22-15+. The Balaban J connectivity index is 1.71. The van der Waals surface area contributed by atoms with Crippen LogP contribution in [0.5, 0.6) is 17.2 Å². The quantitative estimate of drug-likeness (QED) is 0.371. The van der Waals surface area contributed by atoms with Crippen molar-refractivity contribution in [3.8, 4) is 17.2 Å². The average molecular weight is 370 g/mol. The molecule has 1 N–H and O–H groups in total. The van der Waals surface area contributed by atoms with Crippen LogP contribution in [0.15, 0.2) is 53.6 Å². The molecule has 144 valence electrons. The second-order valence-corrected chi connectivity index (χ2v) is 5.76. The first-order valence-corrected chi connectivity index (χ1v) is 9.11. The molecule has 0 saturated carbocycles. The van der Waals surface area contributed by atoms with Crippen LogP contribution in [0.1, 0.15) is 32.3 Å². The Morgan fingerprint density at radius 3 is 2.15 bits per heavy atom. The van der Waals surface area contributed by atoms with Gasteiger partial charge in [-0.25, -0.2) is 5.43 Å². The highest BCUT2D eigenvalue weighted by molar-refractivity contribution is 5.83. The summed E-state index contributed by atoms with van der Waals surface area (Å²) in [5.74, 6) is 1.85. The molecule has 0 aliphatic heterocycles. The molecule has 0 unspecified atom stereocenters. The molecule has 2 aromatic rings. The highest BCUT2D eigenvalue weighted by Crippen LogP contribution is 2.17. The maximum atomic E-state index is 11.8. The van der Waals surface area contributed by atoms with Crippen LogP contribution in [0, 0.1) is 0 Å². The molecule has 0 aliphatic carbocycles. The van der Waals surface area contributed by atoms with Crippen molar-refractivity contribution in [3.63, 3.8) is 0 Å². The lowest BCUT2D eigenvalue weighted by Gasteiger charge is -2.07. The number of benzene rings is 2. The maximum absolute atomic E-state index is 11.8. The van der Waals surface area contributed by atoms with Crippen LogP contribution in [0.2, 0.25) is 0 Å². The summed E-state index contributed by atoms with van der Waals surface area (Å²) in [5.41, 5.74) is 3.31. The fraction of sp³-hybridized carbons (Fsp3) is 0.333. The number of hydrogen-bond acceptors (Lipinski definition) is 5. The molecular formula is C21H26N2O4. The number of amides is 1. The minimum atomic E-state index is -0.334. The molecule has 0 radical (unpaired) electrons. The minimum Gasteiger partial charge on any atom is -0.494 e. The van der Waals surface area contributed by atoms with E-state index in [0.717, 1.165) is 29.9 Å². The Morgan fingerprint density at radius 2 is 1.52 bits per heavy atom. The number of hydrazone groups is 1. The van der Waals surface area contributed by atoms with Crippen molar-refractivity contribution in [3.05, 3.63) is 54.1 Å². The van der Waals surface area contributed by atoms with Crippen molar-refractivity contribution < 1.29 is 19.0 Å². The normalized spacial score (nSPS) is 10.6. The largest absolute Gasteiger partial charge is 0.494 e. The van der Waals surface area contributed by atoms with Crippen LogP contribution in [-0.2, 0) is 4.79 Å². The Kier molecular flexibility index (Phi) is 8.69. The first-order valence-electron chi connectivity index (χ1n) is 9.11. The van der Waals surface area contributed by atoms with Gasteiger partial charge in [-0.3, -0.25) is 4.79 Å². The molecule has 0 spiro atoms. The van der Waals surface area contributed by atoms with E-state index < -0.39 is 0 Å². The van der Waals surface area contributed by atoms with Gasteiger partial charge in [-0.2, -0.15) is 5.10 Å². The predicted molar refractivity (Wildman–Crippen MR) is 106 cm³/mol. The molecule has 2 rings (SSSR count). The second-order valence-electron chi connectivity index (χ2n) is 5.76. The van der Waals surface area contributed by atoms with Gasteiger partial charge in [0.2, 0.25) is 0 Å². The van der Waals surface area contributed by atoms with Gasteiger partial charge in [0.1, 0.15) is 17.2 Å². The number of ether oxygens (including phenoxy) is 3. The summed E-state index contributed by atoms with van der Waals surface area (Å²) in [7, 11) is 0. The minimum absolute atomic E-state index is 0.116. The lowest BCUT2D eigenvalue weighted by atomic mass is 10.2. The van der Waals surface area contributed by atoms with E-state index in [4.69, 9.17) is 14.2 Å². The molecule has 6 nitrogen and oxygen atoms in total. The number of carbonyl (C=O) groups is 1. The molecule has 0 aliphatic rings. The Bertz CT molecular complexity index is 712. The summed E-state index contributed by atoms with van der Waals surface area (Å²) in [5, 5.41) is 3.93. The van der Waals surface area contributed by atoms with Gasteiger partial charge in [-0.05, 0) is 67.4 Å². The van der Waals surface area contributed by atoms with Gasteiger partial charge in [0.05, 0.1) is 19.4 Å². The number of nitrogens with zero attached hydrogens (tertiary/aromatic N) is 1. The van der Waals surface area contributed by atoms with Gasteiger partial charge < -0.3 is 14.2 Å². The third-order valence-corrected chi connectivity index (χ3v) is 3.55. The van der Waals surface area contributed by atoms with E-state index in [1.807, 2.05) is 31.2 Å². The van der Waals surface area contributed by atoms with Crippen molar-refractivity contribution >= 4 is 12.1 Å². The lowest BCUT2D eigenvalue weighted by molar-refractivity contribution is -0.123. The van der Waals surface area contributed by atoms with Gasteiger partial charge in [-0.1, -0.05) is 13.3 Å². The van der Waals surface area contributed by atoms with Crippen LogP contribution in [0.25, 0.3) is 0 Å². The number of rotatable bonds is 11. The van der Waals surface area contributed by atoms with Crippen molar-refractivity contribution in [2.24, 2.45) is 5.10 Å². The predicted octanol–water partition coefficient (Wildman–Crippen LogP) is 3.79. The third kappa shape index (κ3) is 7.81. The van der Waals surface area contributed by atoms with Crippen molar-refractivity contribution in [2.45, 2.75) is 26.7 Å². The molecule has 0 atom stereocenters. The highest BCUT2D eigenvalue weighted by atomic mass is 16.5. The third-order valence-electron chi connectivity index (χ3n) is 3.55. The number of hydrogen-bond donors (Lipinski definition) is 1. The van der Waals surface area contributed by atoms with E-state index >= 15 is 0 Å². The summed E-state index contributed by atoms with van der Waals surface area (Å²) in [6.07, 6.45) is 3.71. The van der Waals surface area contributed by atoms with Crippen LogP contribution < -0.4 is 19.6 Å². The summed E-state index contributed by atoms with van der Waals surface area (Å²) in [4.78, 5) is 11.8. The zero-order chi connectivity index (χ0) is 19.3. The van der Waals surface area contributed by atoms with E-state index in [2.05, 4.69) is 17.5 Å². The van der Waals surface area contributed by atoms with E-state index in [1.165, 1.54) is 0 Å². The van der Waals surface area contributed by atoms with Gasteiger partial charge in [0.15, 0.2) is 6.61 Å². The SMILES string of the molecule is CCCCOc1ccc(/C=N/NC(=O)COc2ccc(OCC)cc2)cc1. The fourth-order valence-electron chi connectivity index (χ4n) is 2.14. The Labute approximate surface area is 160 Å². The van der Waals surface area contributed by atoms with Crippen LogP contribution in [0.3, 0.4) is 0 Å². The molecule has 0 fully saturated rings. The van der Waals surface area contributed by atoms with E-state index in [1.54, 1.807) is 30.5 Å². The van der Waals surface area contributed by atoms with E-state index in [-0.39, 0.29) is 12.5 Å². The molecule has 0 aromatic heterocycles. The van der Waals surface area contributed by atoms with Gasteiger partial charge in [-0.15, -0.1) is 0 Å². The van der Waals surface area contributed by atoms with Crippen molar-refractivity contribution in [1.82, 2.24) is 5.43 Å². The van der Waals surface area contributed by atoms with Gasteiger partial charge >= 0.3 is 0 Å². The first kappa shape index (κ1) is 20.3. The van der Waals surface area contributed by atoms with Crippen LogP contribution in [0.4, 0.5) is 0 Å². The first-order chi connectivity index (χ1) is 13.2. The highest BCUT2D eigenvalue weighted by Gasteiger charge is 2.02. The van der Waals surface area contributed by atoms with Gasteiger partial charge in [0, 0.05) is 0 Å². The van der Waals surface area contributed by atoms with Crippen molar-refractivity contribution in [1.29, 1.82) is 0 Å². The van der Waals surface area contributed by atoms with Crippen molar-refractivity contribution in [2.75, 3.05) is 19.8 Å². The van der Waals surface area contributed by atoms with Gasteiger partial charge in [0.25, 0.3) is 5.91 Å². The molecule has 6 heteroatoms. The van der Waals surface area contributed by atoms with Crippen LogP contribution >= 0.6 is 0 Å². The average Bonchev–Trinajstić information content (AvgIpc) is 2.69. The zero-order valence-electron chi connectivity index (χ0n) is 15.8. The van der Waals surface area contributed by atoms with E-state index in [9.17, 15) is 4.79 Å². The number of nitrogens with one attached hydrogen (secondary N) is 1. The Morgan fingerprint density at radius 1 is 0.926 bits per heavy atom. The molecule has 1 amide bonds. The monoisotopic (exact) mass is 370 g/mol. The number of carbonyl (C=O) groups excluding carboxylic acids is 1. The molecule has 0 bridgehead atoms. The summed E-state index contributed by atoms with van der Waals surface area (Å²) < 4.78 is 16.4. The molecule has 0 saturated heterocycles. The van der Waals surface area contributed by atoms with E-state index in [0.29, 0.717) is 19.0 Å². The van der Waals surface area contributed by atoms with Crippen LogP contribution in [-0.4, -0.2) is 31.9 Å². The summed E-state index contributed by atoms with van der Waals surface area (Å²) in [6.45, 7) is 5.25. The smallest absolute Gasteiger partial charge is 0.277 e.